The van der Waals surface area contributed by atoms with E-state index in [4.69, 9.17) is 11.6 Å². The molecule has 100 valence electrons. The first kappa shape index (κ1) is 12.8. The predicted octanol–water partition coefficient (Wildman–Crippen LogP) is 2.51. The van der Waals surface area contributed by atoms with Crippen LogP contribution in [0.2, 0.25) is 4.34 Å². The average molecular weight is 295 g/mol. The van der Waals surface area contributed by atoms with E-state index in [1.807, 2.05) is 12.1 Å². The molecule has 0 N–H and O–H groups in total. The summed E-state index contributed by atoms with van der Waals surface area (Å²) in [5.74, 6) is 0.835. The maximum Gasteiger partial charge on any atom is 0.225 e. The molecule has 0 radical (unpaired) electrons. The summed E-state index contributed by atoms with van der Waals surface area (Å²) >= 11 is 7.62. The number of hydrogen-bond acceptors (Lipinski definition) is 5. The lowest BCUT2D eigenvalue weighted by molar-refractivity contribution is 0.251. The first-order valence-electron chi connectivity index (χ1n) is 6.30. The van der Waals surface area contributed by atoms with Crippen LogP contribution in [0.4, 0.5) is 5.95 Å². The molecule has 0 aliphatic carbocycles. The molecule has 19 heavy (non-hydrogen) atoms. The first-order chi connectivity index (χ1) is 9.31. The number of hydrogen-bond donors (Lipinski definition) is 0. The Balaban J connectivity index is 1.55. The SMILES string of the molecule is Clc1ccc(CN2CCN(c3ncccn3)CC2)s1. The van der Waals surface area contributed by atoms with Gasteiger partial charge in [0.05, 0.1) is 4.34 Å². The fourth-order valence-electron chi connectivity index (χ4n) is 2.22. The fourth-order valence-corrected chi connectivity index (χ4v) is 3.35. The lowest BCUT2D eigenvalue weighted by Crippen LogP contribution is -2.46. The quantitative estimate of drug-likeness (QED) is 0.871. The van der Waals surface area contributed by atoms with E-state index >= 15 is 0 Å². The Bertz CT molecular complexity index is 522. The fraction of sp³-hybridized carbons (Fsp3) is 0.385. The summed E-state index contributed by atoms with van der Waals surface area (Å²) in [6.07, 6.45) is 3.59. The third-order valence-electron chi connectivity index (χ3n) is 3.22. The molecular weight excluding hydrogens is 280 g/mol. The molecule has 3 heterocycles. The zero-order chi connectivity index (χ0) is 13.1. The molecule has 6 heteroatoms. The molecule has 0 atom stereocenters. The third kappa shape index (κ3) is 3.23. The van der Waals surface area contributed by atoms with Gasteiger partial charge in [-0.3, -0.25) is 4.90 Å². The van der Waals surface area contributed by atoms with Crippen LogP contribution in [0.5, 0.6) is 0 Å². The van der Waals surface area contributed by atoms with Crippen molar-refractivity contribution in [2.24, 2.45) is 0 Å². The van der Waals surface area contributed by atoms with E-state index in [0.29, 0.717) is 0 Å². The summed E-state index contributed by atoms with van der Waals surface area (Å²) in [7, 11) is 0. The van der Waals surface area contributed by atoms with Crippen molar-refractivity contribution in [2.75, 3.05) is 31.1 Å². The van der Waals surface area contributed by atoms with Gasteiger partial charge in [0.25, 0.3) is 0 Å². The van der Waals surface area contributed by atoms with Crippen LogP contribution in [-0.4, -0.2) is 41.0 Å². The zero-order valence-corrected chi connectivity index (χ0v) is 12.1. The minimum atomic E-state index is 0.835. The highest BCUT2D eigenvalue weighted by Crippen LogP contribution is 2.23. The number of thiophene rings is 1. The molecule has 1 aliphatic rings. The summed E-state index contributed by atoms with van der Waals surface area (Å²) < 4.78 is 0.867. The second-order valence-corrected chi connectivity index (χ2v) is 6.32. The molecule has 0 saturated carbocycles. The Morgan fingerprint density at radius 2 is 1.84 bits per heavy atom. The van der Waals surface area contributed by atoms with Gasteiger partial charge in [-0.15, -0.1) is 11.3 Å². The number of nitrogens with zero attached hydrogens (tertiary/aromatic N) is 4. The summed E-state index contributed by atoms with van der Waals surface area (Å²) in [6.45, 7) is 5.01. The van der Waals surface area contributed by atoms with Crippen LogP contribution in [0.1, 0.15) is 4.88 Å². The normalized spacial score (nSPS) is 16.8. The highest BCUT2D eigenvalue weighted by molar-refractivity contribution is 7.16. The van der Waals surface area contributed by atoms with Crippen LogP contribution in [0.3, 0.4) is 0 Å². The van der Waals surface area contributed by atoms with Gasteiger partial charge in [0.1, 0.15) is 0 Å². The molecular formula is C13H15ClN4S. The van der Waals surface area contributed by atoms with Crippen molar-refractivity contribution in [3.63, 3.8) is 0 Å². The highest BCUT2D eigenvalue weighted by atomic mass is 35.5. The number of aromatic nitrogens is 2. The van der Waals surface area contributed by atoms with Crippen molar-refractivity contribution >= 4 is 28.9 Å². The van der Waals surface area contributed by atoms with Crippen LogP contribution >= 0.6 is 22.9 Å². The van der Waals surface area contributed by atoms with Gasteiger partial charge in [0, 0.05) is 50.0 Å². The standard InChI is InChI=1S/C13H15ClN4S/c14-12-3-2-11(19-12)10-17-6-8-18(9-7-17)13-15-4-1-5-16-13/h1-5H,6-10H2. The van der Waals surface area contributed by atoms with Gasteiger partial charge in [0.15, 0.2) is 0 Å². The van der Waals surface area contributed by atoms with Crippen LogP contribution in [0, 0.1) is 0 Å². The van der Waals surface area contributed by atoms with Gasteiger partial charge in [-0.1, -0.05) is 11.6 Å². The van der Waals surface area contributed by atoms with E-state index in [-0.39, 0.29) is 0 Å². The second kappa shape index (κ2) is 5.86. The molecule has 1 aliphatic heterocycles. The maximum absolute atomic E-state index is 5.96. The van der Waals surface area contributed by atoms with E-state index in [1.165, 1.54) is 4.88 Å². The monoisotopic (exact) mass is 294 g/mol. The second-order valence-electron chi connectivity index (χ2n) is 4.52. The van der Waals surface area contributed by atoms with Crippen LogP contribution < -0.4 is 4.90 Å². The number of rotatable bonds is 3. The largest absolute Gasteiger partial charge is 0.338 e. The molecule has 3 rings (SSSR count). The van der Waals surface area contributed by atoms with E-state index in [9.17, 15) is 0 Å². The van der Waals surface area contributed by atoms with Crippen LogP contribution in [-0.2, 0) is 6.54 Å². The van der Waals surface area contributed by atoms with E-state index < -0.39 is 0 Å². The summed E-state index contributed by atoms with van der Waals surface area (Å²) in [4.78, 5) is 14.6. The Morgan fingerprint density at radius 3 is 2.47 bits per heavy atom. The molecule has 1 fully saturated rings. The van der Waals surface area contributed by atoms with Crippen molar-refractivity contribution in [1.29, 1.82) is 0 Å². The maximum atomic E-state index is 5.96. The van der Waals surface area contributed by atoms with Crippen LogP contribution in [0.15, 0.2) is 30.6 Å². The number of anilines is 1. The minimum absolute atomic E-state index is 0.835. The van der Waals surface area contributed by atoms with Crippen LogP contribution in [0.25, 0.3) is 0 Å². The van der Waals surface area contributed by atoms with Gasteiger partial charge >= 0.3 is 0 Å². The Labute approximate surface area is 121 Å². The van der Waals surface area contributed by atoms with Crippen molar-refractivity contribution in [2.45, 2.75) is 6.54 Å². The molecule has 2 aromatic heterocycles. The molecule has 4 nitrogen and oxygen atoms in total. The Morgan fingerprint density at radius 1 is 1.11 bits per heavy atom. The lowest BCUT2D eigenvalue weighted by Gasteiger charge is -2.34. The van der Waals surface area contributed by atoms with E-state index in [0.717, 1.165) is 43.0 Å². The Hall–Kier alpha value is -1.17. The van der Waals surface area contributed by atoms with Gasteiger partial charge in [-0.2, -0.15) is 0 Å². The summed E-state index contributed by atoms with van der Waals surface area (Å²) in [5, 5.41) is 0. The summed E-state index contributed by atoms with van der Waals surface area (Å²) in [5.41, 5.74) is 0. The molecule has 0 amide bonds. The first-order valence-corrected chi connectivity index (χ1v) is 7.49. The molecule has 2 aromatic rings. The van der Waals surface area contributed by atoms with E-state index in [1.54, 1.807) is 23.7 Å². The minimum Gasteiger partial charge on any atom is -0.338 e. The molecule has 0 unspecified atom stereocenters. The van der Waals surface area contributed by atoms with Gasteiger partial charge in [-0.25, -0.2) is 9.97 Å². The smallest absolute Gasteiger partial charge is 0.225 e. The van der Waals surface area contributed by atoms with Crippen molar-refractivity contribution in [3.8, 4) is 0 Å². The third-order valence-corrected chi connectivity index (χ3v) is 4.43. The molecule has 0 aromatic carbocycles. The Kier molecular flexibility index (Phi) is 3.96. The van der Waals surface area contributed by atoms with Crippen molar-refractivity contribution in [1.82, 2.24) is 14.9 Å². The zero-order valence-electron chi connectivity index (χ0n) is 10.5. The van der Waals surface area contributed by atoms with Crippen molar-refractivity contribution in [3.05, 3.63) is 39.8 Å². The highest BCUT2D eigenvalue weighted by Gasteiger charge is 2.19. The number of halogens is 1. The summed E-state index contributed by atoms with van der Waals surface area (Å²) in [6, 6.07) is 5.93. The molecule has 0 bridgehead atoms. The van der Waals surface area contributed by atoms with Gasteiger partial charge < -0.3 is 4.90 Å². The lowest BCUT2D eigenvalue weighted by atomic mass is 10.3. The predicted molar refractivity (Wildman–Crippen MR) is 78.9 cm³/mol. The topological polar surface area (TPSA) is 32.3 Å². The van der Waals surface area contributed by atoms with Gasteiger partial charge in [-0.05, 0) is 18.2 Å². The van der Waals surface area contributed by atoms with Gasteiger partial charge in [0.2, 0.25) is 5.95 Å². The average Bonchev–Trinajstić information content (AvgIpc) is 2.86. The molecule has 0 spiro atoms. The van der Waals surface area contributed by atoms with E-state index in [2.05, 4.69) is 25.8 Å². The molecule has 1 saturated heterocycles. The van der Waals surface area contributed by atoms with Crippen molar-refractivity contribution < 1.29 is 0 Å². The number of piperazine rings is 1.